The topological polar surface area (TPSA) is 109 Å². The van der Waals surface area contributed by atoms with Crippen molar-refractivity contribution >= 4 is 29.1 Å². The zero-order valence-electron chi connectivity index (χ0n) is 20.1. The Balaban J connectivity index is 1.32. The van der Waals surface area contributed by atoms with Crippen LogP contribution in [0.2, 0.25) is 0 Å². The van der Waals surface area contributed by atoms with E-state index in [9.17, 15) is 14.4 Å². The molecule has 2 aromatic carbocycles. The number of amides is 3. The van der Waals surface area contributed by atoms with Gasteiger partial charge in [0.1, 0.15) is 0 Å². The van der Waals surface area contributed by atoms with Crippen LogP contribution in [-0.4, -0.2) is 55.6 Å². The average Bonchev–Trinajstić information content (AvgIpc) is 3.31. The first-order valence-corrected chi connectivity index (χ1v) is 12.0. The Morgan fingerprint density at radius 2 is 1.86 bits per heavy atom. The van der Waals surface area contributed by atoms with Crippen molar-refractivity contribution < 1.29 is 23.9 Å². The van der Waals surface area contributed by atoms with E-state index in [1.165, 1.54) is 0 Å². The minimum Gasteiger partial charge on any atom is -0.454 e. The molecule has 0 radical (unpaired) electrons. The van der Waals surface area contributed by atoms with E-state index >= 15 is 0 Å². The smallest absolute Gasteiger partial charge is 0.257 e. The standard InChI is InChI=1S/C26H32N4O5/c1-17(2)25(32)27-13-18-6-5-11-30(14-18)15-24(31)29-21-8-4-3-7-20(21)26(33)28-19-9-10-22-23(12-19)35-16-34-22/h3-4,7-10,12,17-18H,5-6,11,13-16H2,1-2H3,(H,27,32)(H,28,33)(H,29,31)/t18-/m1/s1. The first kappa shape index (κ1) is 24.5. The van der Waals surface area contributed by atoms with Crippen LogP contribution in [0.25, 0.3) is 0 Å². The quantitative estimate of drug-likeness (QED) is 0.536. The lowest BCUT2D eigenvalue weighted by Crippen LogP contribution is -2.44. The number of piperidine rings is 1. The van der Waals surface area contributed by atoms with Crippen molar-refractivity contribution in [3.05, 3.63) is 48.0 Å². The summed E-state index contributed by atoms with van der Waals surface area (Å²) in [5, 5.41) is 8.73. The molecule has 2 aromatic rings. The molecular formula is C26H32N4O5. The van der Waals surface area contributed by atoms with Crippen molar-refractivity contribution in [1.82, 2.24) is 10.2 Å². The third-order valence-corrected chi connectivity index (χ3v) is 6.14. The average molecular weight is 481 g/mol. The summed E-state index contributed by atoms with van der Waals surface area (Å²) in [6, 6.07) is 12.1. The molecule has 186 valence electrons. The van der Waals surface area contributed by atoms with Gasteiger partial charge in [-0.05, 0) is 49.6 Å². The zero-order valence-corrected chi connectivity index (χ0v) is 20.1. The Kier molecular flexibility index (Phi) is 7.87. The van der Waals surface area contributed by atoms with Gasteiger partial charge in [0, 0.05) is 30.8 Å². The summed E-state index contributed by atoms with van der Waals surface area (Å²) in [5.74, 6) is 1.03. The molecule has 1 atom stereocenters. The van der Waals surface area contributed by atoms with Crippen LogP contribution in [0.3, 0.4) is 0 Å². The first-order chi connectivity index (χ1) is 16.9. The number of nitrogens with one attached hydrogen (secondary N) is 3. The Morgan fingerprint density at radius 3 is 2.69 bits per heavy atom. The predicted molar refractivity (Wildman–Crippen MR) is 133 cm³/mol. The van der Waals surface area contributed by atoms with Gasteiger partial charge in [0.2, 0.25) is 18.6 Å². The molecule has 1 saturated heterocycles. The maximum atomic E-state index is 12.9. The lowest BCUT2D eigenvalue weighted by molar-refractivity contribution is -0.124. The zero-order chi connectivity index (χ0) is 24.8. The monoisotopic (exact) mass is 480 g/mol. The fourth-order valence-corrected chi connectivity index (χ4v) is 4.27. The van der Waals surface area contributed by atoms with Crippen molar-refractivity contribution in [2.45, 2.75) is 26.7 Å². The number of rotatable bonds is 8. The summed E-state index contributed by atoms with van der Waals surface area (Å²) in [5.41, 5.74) is 1.39. The number of hydrogen-bond donors (Lipinski definition) is 3. The van der Waals surface area contributed by atoms with Crippen molar-refractivity contribution in [1.29, 1.82) is 0 Å². The van der Waals surface area contributed by atoms with Crippen LogP contribution in [0, 0.1) is 11.8 Å². The van der Waals surface area contributed by atoms with Crippen molar-refractivity contribution in [2.75, 3.05) is 43.6 Å². The molecule has 1 fully saturated rings. The summed E-state index contributed by atoms with van der Waals surface area (Å²) in [6.45, 7) is 6.34. The summed E-state index contributed by atoms with van der Waals surface area (Å²) in [7, 11) is 0. The van der Waals surface area contributed by atoms with E-state index in [4.69, 9.17) is 9.47 Å². The maximum Gasteiger partial charge on any atom is 0.257 e. The summed E-state index contributed by atoms with van der Waals surface area (Å²) < 4.78 is 10.7. The normalized spacial score (nSPS) is 17.2. The van der Waals surface area contributed by atoms with Gasteiger partial charge in [0.05, 0.1) is 17.8 Å². The number of anilines is 2. The second kappa shape index (κ2) is 11.2. The third kappa shape index (κ3) is 6.51. The summed E-state index contributed by atoms with van der Waals surface area (Å²) in [6.07, 6.45) is 2.00. The van der Waals surface area contributed by atoms with E-state index in [1.54, 1.807) is 42.5 Å². The largest absolute Gasteiger partial charge is 0.454 e. The molecule has 4 rings (SSSR count). The first-order valence-electron chi connectivity index (χ1n) is 12.0. The van der Waals surface area contributed by atoms with E-state index in [-0.39, 0.29) is 37.0 Å². The van der Waals surface area contributed by atoms with Crippen LogP contribution in [0.1, 0.15) is 37.0 Å². The number of carbonyl (C=O) groups is 3. The van der Waals surface area contributed by atoms with E-state index in [0.717, 1.165) is 25.9 Å². The molecule has 9 heteroatoms. The number of hydrogen-bond acceptors (Lipinski definition) is 6. The molecule has 0 bridgehead atoms. The number of nitrogens with zero attached hydrogens (tertiary/aromatic N) is 1. The lowest BCUT2D eigenvalue weighted by Gasteiger charge is -2.32. The highest BCUT2D eigenvalue weighted by Gasteiger charge is 2.23. The van der Waals surface area contributed by atoms with Crippen LogP contribution in [0.5, 0.6) is 11.5 Å². The number of para-hydroxylation sites is 1. The van der Waals surface area contributed by atoms with Crippen LogP contribution >= 0.6 is 0 Å². The maximum absolute atomic E-state index is 12.9. The second-order valence-electron chi connectivity index (χ2n) is 9.26. The highest BCUT2D eigenvalue weighted by molar-refractivity contribution is 6.10. The molecule has 35 heavy (non-hydrogen) atoms. The Morgan fingerprint density at radius 1 is 1.06 bits per heavy atom. The Labute approximate surface area is 205 Å². The van der Waals surface area contributed by atoms with E-state index in [0.29, 0.717) is 40.9 Å². The van der Waals surface area contributed by atoms with Gasteiger partial charge < -0.3 is 25.4 Å². The number of likely N-dealkylation sites (tertiary alicyclic amines) is 1. The van der Waals surface area contributed by atoms with Gasteiger partial charge in [-0.1, -0.05) is 26.0 Å². The lowest BCUT2D eigenvalue weighted by atomic mass is 9.97. The molecule has 2 aliphatic heterocycles. The molecule has 3 amide bonds. The van der Waals surface area contributed by atoms with Crippen LogP contribution < -0.4 is 25.4 Å². The number of benzene rings is 2. The number of ether oxygens (including phenoxy) is 2. The highest BCUT2D eigenvalue weighted by Crippen LogP contribution is 2.34. The van der Waals surface area contributed by atoms with Gasteiger partial charge in [-0.15, -0.1) is 0 Å². The molecule has 0 unspecified atom stereocenters. The van der Waals surface area contributed by atoms with E-state index < -0.39 is 0 Å². The fourth-order valence-electron chi connectivity index (χ4n) is 4.27. The SMILES string of the molecule is CC(C)C(=O)NC[C@H]1CCCN(CC(=O)Nc2ccccc2C(=O)Nc2ccc3c(c2)OCO3)C1. The molecule has 2 aliphatic rings. The minimum absolute atomic E-state index is 0.0391. The van der Waals surface area contributed by atoms with Crippen LogP contribution in [-0.2, 0) is 9.59 Å². The van der Waals surface area contributed by atoms with Gasteiger partial charge in [-0.25, -0.2) is 0 Å². The highest BCUT2D eigenvalue weighted by atomic mass is 16.7. The van der Waals surface area contributed by atoms with Crippen molar-refractivity contribution in [2.24, 2.45) is 11.8 Å². The Hall–Kier alpha value is -3.59. The van der Waals surface area contributed by atoms with Crippen molar-refractivity contribution in [3.63, 3.8) is 0 Å². The number of fused-ring (bicyclic) bond motifs is 1. The van der Waals surface area contributed by atoms with Gasteiger partial charge in [-0.3, -0.25) is 19.3 Å². The molecular weight excluding hydrogens is 448 g/mol. The Bertz CT molecular complexity index is 1090. The molecule has 0 saturated carbocycles. The van der Waals surface area contributed by atoms with Crippen LogP contribution in [0.4, 0.5) is 11.4 Å². The van der Waals surface area contributed by atoms with Gasteiger partial charge in [0.15, 0.2) is 11.5 Å². The number of carbonyl (C=O) groups excluding carboxylic acids is 3. The molecule has 0 spiro atoms. The fraction of sp³-hybridized carbons (Fsp3) is 0.423. The third-order valence-electron chi connectivity index (χ3n) is 6.14. The van der Waals surface area contributed by atoms with Gasteiger partial charge in [0.25, 0.3) is 5.91 Å². The van der Waals surface area contributed by atoms with Gasteiger partial charge >= 0.3 is 0 Å². The molecule has 9 nitrogen and oxygen atoms in total. The molecule has 0 aromatic heterocycles. The van der Waals surface area contributed by atoms with Gasteiger partial charge in [-0.2, -0.15) is 0 Å². The summed E-state index contributed by atoms with van der Waals surface area (Å²) >= 11 is 0. The molecule has 2 heterocycles. The van der Waals surface area contributed by atoms with Crippen LogP contribution in [0.15, 0.2) is 42.5 Å². The van der Waals surface area contributed by atoms with E-state index in [2.05, 4.69) is 20.9 Å². The minimum atomic E-state index is -0.335. The van der Waals surface area contributed by atoms with E-state index in [1.807, 2.05) is 13.8 Å². The summed E-state index contributed by atoms with van der Waals surface area (Å²) in [4.78, 5) is 39.7. The van der Waals surface area contributed by atoms with Crippen molar-refractivity contribution in [3.8, 4) is 11.5 Å². The predicted octanol–water partition coefficient (Wildman–Crippen LogP) is 3.09. The second-order valence-corrected chi connectivity index (χ2v) is 9.26. The molecule has 0 aliphatic carbocycles. The molecule has 3 N–H and O–H groups in total.